The van der Waals surface area contributed by atoms with Crippen molar-refractivity contribution in [2.45, 2.75) is 10.6 Å². The van der Waals surface area contributed by atoms with Gasteiger partial charge in [0.2, 0.25) is 0 Å². The van der Waals surface area contributed by atoms with Crippen LogP contribution in [0.3, 0.4) is 0 Å². The number of hydrogen-bond acceptors (Lipinski definition) is 2. The summed E-state index contributed by atoms with van der Waals surface area (Å²) in [6.07, 6.45) is 0. The Morgan fingerprint density at radius 1 is 1.26 bits per heavy atom. The van der Waals surface area contributed by atoms with Crippen molar-refractivity contribution in [3.63, 3.8) is 0 Å². The van der Waals surface area contributed by atoms with Crippen LogP contribution < -0.4 is 5.73 Å². The van der Waals surface area contributed by atoms with Crippen LogP contribution >= 0.6 is 23.4 Å². The molecule has 0 saturated heterocycles. The molecule has 0 bridgehead atoms. The van der Waals surface area contributed by atoms with Crippen molar-refractivity contribution in [2.24, 2.45) is 5.73 Å². The summed E-state index contributed by atoms with van der Waals surface area (Å²) < 4.78 is 13.2. The van der Waals surface area contributed by atoms with Gasteiger partial charge in [0.25, 0.3) is 0 Å². The van der Waals surface area contributed by atoms with E-state index in [0.29, 0.717) is 16.3 Å². The van der Waals surface area contributed by atoms with E-state index in [2.05, 4.69) is 0 Å². The maximum Gasteiger partial charge on any atom is 0.124 e. The van der Waals surface area contributed by atoms with E-state index in [9.17, 15) is 4.39 Å². The SMILES string of the molecule is N=C(N)c1cc(F)ccc1SCc1ccccc1Cl. The summed E-state index contributed by atoms with van der Waals surface area (Å²) >= 11 is 7.56. The Bertz CT molecular complexity index is 616. The Morgan fingerprint density at radius 2 is 2.00 bits per heavy atom. The van der Waals surface area contributed by atoms with Gasteiger partial charge in [-0.1, -0.05) is 29.8 Å². The summed E-state index contributed by atoms with van der Waals surface area (Å²) in [6.45, 7) is 0. The van der Waals surface area contributed by atoms with Crippen LogP contribution in [0.4, 0.5) is 4.39 Å². The minimum atomic E-state index is -0.396. The number of rotatable bonds is 4. The maximum absolute atomic E-state index is 13.2. The molecule has 0 atom stereocenters. The van der Waals surface area contributed by atoms with Gasteiger partial charge in [-0.05, 0) is 29.8 Å². The summed E-state index contributed by atoms with van der Waals surface area (Å²) in [5, 5.41) is 8.17. The smallest absolute Gasteiger partial charge is 0.124 e. The van der Waals surface area contributed by atoms with E-state index in [0.717, 1.165) is 10.5 Å². The third-order valence-electron chi connectivity index (χ3n) is 2.57. The van der Waals surface area contributed by atoms with Crippen molar-refractivity contribution in [2.75, 3.05) is 0 Å². The normalized spacial score (nSPS) is 10.4. The lowest BCUT2D eigenvalue weighted by atomic mass is 10.2. The van der Waals surface area contributed by atoms with E-state index in [-0.39, 0.29) is 5.84 Å². The predicted molar refractivity (Wildman–Crippen MR) is 78.4 cm³/mol. The number of nitrogen functional groups attached to an aromatic ring is 1. The van der Waals surface area contributed by atoms with Gasteiger partial charge in [-0.25, -0.2) is 4.39 Å². The van der Waals surface area contributed by atoms with E-state index in [1.807, 2.05) is 24.3 Å². The number of benzene rings is 2. The number of halogens is 2. The molecular formula is C14H12ClFN2S. The molecule has 0 aliphatic carbocycles. The first-order valence-electron chi connectivity index (χ1n) is 5.58. The fourth-order valence-electron chi connectivity index (χ4n) is 1.61. The largest absolute Gasteiger partial charge is 0.384 e. The second kappa shape index (κ2) is 6.08. The predicted octanol–water partition coefficient (Wildman–Crippen LogP) is 4.06. The van der Waals surface area contributed by atoms with E-state index >= 15 is 0 Å². The molecule has 0 heterocycles. The summed E-state index contributed by atoms with van der Waals surface area (Å²) in [6, 6.07) is 11.8. The molecule has 0 aliphatic heterocycles. The highest BCUT2D eigenvalue weighted by molar-refractivity contribution is 7.98. The van der Waals surface area contributed by atoms with Crippen molar-refractivity contribution in [3.8, 4) is 0 Å². The summed E-state index contributed by atoms with van der Waals surface area (Å²) in [4.78, 5) is 0.772. The molecule has 19 heavy (non-hydrogen) atoms. The molecule has 0 amide bonds. The van der Waals surface area contributed by atoms with Gasteiger partial charge in [-0.3, -0.25) is 5.41 Å². The van der Waals surface area contributed by atoms with E-state index in [1.165, 1.54) is 23.9 Å². The fourth-order valence-corrected chi connectivity index (χ4v) is 2.94. The number of hydrogen-bond donors (Lipinski definition) is 2. The zero-order valence-corrected chi connectivity index (χ0v) is 11.6. The zero-order chi connectivity index (χ0) is 13.8. The van der Waals surface area contributed by atoms with Crippen LogP contribution in [-0.2, 0) is 5.75 Å². The highest BCUT2D eigenvalue weighted by Crippen LogP contribution is 2.29. The zero-order valence-electron chi connectivity index (χ0n) is 9.99. The molecule has 0 aromatic heterocycles. The van der Waals surface area contributed by atoms with Gasteiger partial charge in [-0.2, -0.15) is 0 Å². The highest BCUT2D eigenvalue weighted by atomic mass is 35.5. The average molecular weight is 295 g/mol. The Kier molecular flexibility index (Phi) is 4.45. The van der Waals surface area contributed by atoms with Crippen LogP contribution in [0.25, 0.3) is 0 Å². The lowest BCUT2D eigenvalue weighted by molar-refractivity contribution is 0.626. The third kappa shape index (κ3) is 3.49. The van der Waals surface area contributed by atoms with Gasteiger partial charge in [0.15, 0.2) is 0 Å². The monoisotopic (exact) mass is 294 g/mol. The molecule has 2 nitrogen and oxygen atoms in total. The van der Waals surface area contributed by atoms with Crippen molar-refractivity contribution >= 4 is 29.2 Å². The van der Waals surface area contributed by atoms with E-state index < -0.39 is 5.82 Å². The minimum Gasteiger partial charge on any atom is -0.384 e. The summed E-state index contributed by atoms with van der Waals surface area (Å²) in [5.74, 6) is 0.111. The standard InChI is InChI=1S/C14H12ClFN2S/c15-12-4-2-1-3-9(12)8-19-13-6-5-10(16)7-11(13)14(17)18/h1-7H,8H2,(H3,17,18). The van der Waals surface area contributed by atoms with Gasteiger partial charge in [-0.15, -0.1) is 11.8 Å². The van der Waals surface area contributed by atoms with E-state index in [1.54, 1.807) is 6.07 Å². The molecular weight excluding hydrogens is 283 g/mol. The first kappa shape index (κ1) is 13.9. The van der Waals surface area contributed by atoms with Crippen LogP contribution in [-0.4, -0.2) is 5.84 Å². The number of nitrogens with two attached hydrogens (primary N) is 1. The molecule has 3 N–H and O–H groups in total. The minimum absolute atomic E-state index is 0.138. The van der Waals surface area contributed by atoms with Crippen molar-refractivity contribution < 1.29 is 4.39 Å². The van der Waals surface area contributed by atoms with Crippen LogP contribution in [0, 0.1) is 11.2 Å². The van der Waals surface area contributed by atoms with Crippen LogP contribution in [0.2, 0.25) is 5.02 Å². The Morgan fingerprint density at radius 3 is 2.68 bits per heavy atom. The molecule has 2 rings (SSSR count). The molecule has 0 fully saturated rings. The quantitative estimate of drug-likeness (QED) is 0.507. The molecule has 98 valence electrons. The average Bonchev–Trinajstić information content (AvgIpc) is 2.38. The second-order valence-corrected chi connectivity index (χ2v) is 5.36. The third-order valence-corrected chi connectivity index (χ3v) is 4.06. The summed E-state index contributed by atoms with van der Waals surface area (Å²) in [5.41, 5.74) is 6.87. The lowest BCUT2D eigenvalue weighted by Gasteiger charge is -2.09. The molecule has 0 saturated carbocycles. The Labute approximate surface area is 120 Å². The molecule has 0 aliphatic rings. The maximum atomic E-state index is 13.2. The van der Waals surface area contributed by atoms with Gasteiger partial charge < -0.3 is 5.73 Å². The highest BCUT2D eigenvalue weighted by Gasteiger charge is 2.08. The molecule has 2 aromatic rings. The first-order valence-corrected chi connectivity index (χ1v) is 6.94. The lowest BCUT2D eigenvalue weighted by Crippen LogP contribution is -2.12. The van der Waals surface area contributed by atoms with Crippen molar-refractivity contribution in [3.05, 3.63) is 64.4 Å². The Hall–Kier alpha value is -1.52. The van der Waals surface area contributed by atoms with Gasteiger partial charge in [0.1, 0.15) is 11.7 Å². The fraction of sp³-hybridized carbons (Fsp3) is 0.0714. The number of nitrogens with one attached hydrogen (secondary N) is 1. The molecule has 5 heteroatoms. The van der Waals surface area contributed by atoms with Gasteiger partial charge >= 0.3 is 0 Å². The van der Waals surface area contributed by atoms with Crippen molar-refractivity contribution in [1.29, 1.82) is 5.41 Å². The first-order chi connectivity index (χ1) is 9.08. The van der Waals surface area contributed by atoms with Crippen LogP contribution in [0.5, 0.6) is 0 Å². The molecule has 2 aromatic carbocycles. The number of thioether (sulfide) groups is 1. The Balaban J connectivity index is 2.20. The molecule has 0 unspecified atom stereocenters. The van der Waals surface area contributed by atoms with Crippen LogP contribution in [0.1, 0.15) is 11.1 Å². The van der Waals surface area contributed by atoms with Gasteiger partial charge in [0.05, 0.1) is 0 Å². The topological polar surface area (TPSA) is 49.9 Å². The molecule has 0 spiro atoms. The summed E-state index contributed by atoms with van der Waals surface area (Å²) in [7, 11) is 0. The molecule has 0 radical (unpaired) electrons. The van der Waals surface area contributed by atoms with Gasteiger partial charge in [0, 0.05) is 21.2 Å². The van der Waals surface area contributed by atoms with Crippen molar-refractivity contribution in [1.82, 2.24) is 0 Å². The van der Waals surface area contributed by atoms with E-state index in [4.69, 9.17) is 22.7 Å². The van der Waals surface area contributed by atoms with Crippen LogP contribution in [0.15, 0.2) is 47.4 Å². The second-order valence-electron chi connectivity index (χ2n) is 3.93. The number of amidine groups is 1.